The summed E-state index contributed by atoms with van der Waals surface area (Å²) in [4.78, 5) is 12.0. The number of nitrogens with one attached hydrogen (secondary N) is 1. The third-order valence-electron chi connectivity index (χ3n) is 3.09. The predicted octanol–water partition coefficient (Wildman–Crippen LogP) is 3.31. The topological polar surface area (TPSA) is 55.1 Å². The molecule has 0 bridgehead atoms. The zero-order chi connectivity index (χ0) is 13.8. The van der Waals surface area contributed by atoms with Crippen molar-refractivity contribution in [2.75, 3.05) is 0 Å². The van der Waals surface area contributed by atoms with Gasteiger partial charge in [0.25, 0.3) is 0 Å². The fraction of sp³-hybridized carbons (Fsp3) is 0.857. The van der Waals surface area contributed by atoms with Gasteiger partial charge in [0.2, 0.25) is 5.91 Å². The molecule has 0 aromatic rings. The zero-order valence-electron chi connectivity index (χ0n) is 11.8. The Labute approximate surface area is 117 Å². The standard InChI is InChI=1S/C14H28N2OS/c1-3-5-6-7-8-9-10-11-13(17)16-12(4-2)14(15)18/h12H,3-11H2,1-2H3,(H2,15,18)(H,16,17). The number of amides is 1. The quantitative estimate of drug-likeness (QED) is 0.448. The lowest BCUT2D eigenvalue weighted by Crippen LogP contribution is -2.42. The normalized spacial score (nSPS) is 12.1. The van der Waals surface area contributed by atoms with E-state index in [4.69, 9.17) is 18.0 Å². The highest BCUT2D eigenvalue weighted by Gasteiger charge is 2.11. The second kappa shape index (κ2) is 11.5. The summed E-state index contributed by atoms with van der Waals surface area (Å²) in [5.74, 6) is 0.0724. The van der Waals surface area contributed by atoms with Gasteiger partial charge in [0, 0.05) is 6.42 Å². The van der Waals surface area contributed by atoms with Gasteiger partial charge in [-0.3, -0.25) is 4.79 Å². The summed E-state index contributed by atoms with van der Waals surface area (Å²) in [5.41, 5.74) is 5.54. The molecule has 0 saturated heterocycles. The molecule has 0 spiro atoms. The number of thiocarbonyl (C=S) groups is 1. The molecule has 1 atom stereocenters. The lowest BCUT2D eigenvalue weighted by molar-refractivity contribution is -0.121. The number of hydrogen-bond acceptors (Lipinski definition) is 2. The van der Waals surface area contributed by atoms with Crippen LogP contribution in [0.5, 0.6) is 0 Å². The number of carbonyl (C=O) groups excluding carboxylic acids is 1. The van der Waals surface area contributed by atoms with Crippen LogP contribution in [0.3, 0.4) is 0 Å². The van der Waals surface area contributed by atoms with Gasteiger partial charge in [0.15, 0.2) is 0 Å². The van der Waals surface area contributed by atoms with E-state index in [1.165, 1.54) is 32.1 Å². The van der Waals surface area contributed by atoms with E-state index in [9.17, 15) is 4.79 Å². The van der Waals surface area contributed by atoms with Crippen LogP contribution in [0, 0.1) is 0 Å². The molecule has 0 rings (SSSR count). The van der Waals surface area contributed by atoms with Gasteiger partial charge < -0.3 is 11.1 Å². The van der Waals surface area contributed by atoms with Crippen molar-refractivity contribution >= 4 is 23.1 Å². The molecular weight excluding hydrogens is 244 g/mol. The van der Waals surface area contributed by atoms with Crippen molar-refractivity contribution < 1.29 is 4.79 Å². The Morgan fingerprint density at radius 1 is 1.11 bits per heavy atom. The predicted molar refractivity (Wildman–Crippen MR) is 81.6 cm³/mol. The van der Waals surface area contributed by atoms with Crippen molar-refractivity contribution in [3.8, 4) is 0 Å². The monoisotopic (exact) mass is 272 g/mol. The molecule has 0 saturated carbocycles. The number of nitrogens with two attached hydrogens (primary N) is 1. The molecule has 1 amide bonds. The molecule has 3 nitrogen and oxygen atoms in total. The second-order valence-corrected chi connectivity index (χ2v) is 5.27. The Balaban J connectivity index is 3.50. The summed E-state index contributed by atoms with van der Waals surface area (Å²) in [6.07, 6.45) is 9.91. The van der Waals surface area contributed by atoms with Crippen LogP contribution in [0.15, 0.2) is 0 Å². The first-order valence-corrected chi connectivity index (χ1v) is 7.61. The van der Waals surface area contributed by atoms with E-state index in [1.54, 1.807) is 0 Å². The van der Waals surface area contributed by atoms with Crippen LogP contribution in [0.1, 0.15) is 71.6 Å². The van der Waals surface area contributed by atoms with E-state index in [-0.39, 0.29) is 11.9 Å². The maximum atomic E-state index is 11.6. The van der Waals surface area contributed by atoms with Crippen molar-refractivity contribution in [3.05, 3.63) is 0 Å². The van der Waals surface area contributed by atoms with Crippen LogP contribution in [0.2, 0.25) is 0 Å². The van der Waals surface area contributed by atoms with E-state index < -0.39 is 0 Å². The summed E-state index contributed by atoms with van der Waals surface area (Å²) in [5, 5.41) is 2.87. The lowest BCUT2D eigenvalue weighted by atomic mass is 10.1. The highest BCUT2D eigenvalue weighted by atomic mass is 32.1. The molecule has 0 aliphatic rings. The molecule has 0 heterocycles. The first-order valence-electron chi connectivity index (χ1n) is 7.20. The van der Waals surface area contributed by atoms with Gasteiger partial charge in [-0.2, -0.15) is 0 Å². The van der Waals surface area contributed by atoms with Gasteiger partial charge in [-0.1, -0.05) is 64.6 Å². The fourth-order valence-electron chi connectivity index (χ4n) is 1.88. The fourth-order valence-corrected chi connectivity index (χ4v) is 2.11. The molecule has 0 fully saturated rings. The SMILES string of the molecule is CCCCCCCCCC(=O)NC(CC)C(N)=S. The molecular formula is C14H28N2OS. The summed E-state index contributed by atoms with van der Waals surface area (Å²) < 4.78 is 0. The highest BCUT2D eigenvalue weighted by molar-refractivity contribution is 7.80. The molecule has 0 aromatic heterocycles. The van der Waals surface area contributed by atoms with Crippen LogP contribution < -0.4 is 11.1 Å². The Morgan fingerprint density at radius 3 is 2.17 bits per heavy atom. The highest BCUT2D eigenvalue weighted by Crippen LogP contribution is 2.08. The number of rotatable bonds is 11. The van der Waals surface area contributed by atoms with E-state index in [1.807, 2.05) is 6.92 Å². The molecule has 106 valence electrons. The largest absolute Gasteiger partial charge is 0.392 e. The lowest BCUT2D eigenvalue weighted by Gasteiger charge is -2.15. The molecule has 3 N–H and O–H groups in total. The summed E-state index contributed by atoms with van der Waals surface area (Å²) in [6.45, 7) is 4.19. The van der Waals surface area contributed by atoms with Gasteiger partial charge in [-0.15, -0.1) is 0 Å². The summed E-state index contributed by atoms with van der Waals surface area (Å²) >= 11 is 4.89. The van der Waals surface area contributed by atoms with Crippen LogP contribution in [-0.4, -0.2) is 16.9 Å². The van der Waals surface area contributed by atoms with E-state index in [2.05, 4.69) is 12.2 Å². The first kappa shape index (κ1) is 17.4. The van der Waals surface area contributed by atoms with Crippen LogP contribution in [0.4, 0.5) is 0 Å². The molecule has 1 unspecified atom stereocenters. The summed E-state index contributed by atoms with van der Waals surface area (Å²) in [6, 6.07) is -0.142. The smallest absolute Gasteiger partial charge is 0.220 e. The molecule has 0 aliphatic carbocycles. The number of unbranched alkanes of at least 4 members (excludes halogenated alkanes) is 6. The molecule has 0 aliphatic heterocycles. The molecule has 4 heteroatoms. The molecule has 18 heavy (non-hydrogen) atoms. The van der Waals surface area contributed by atoms with Gasteiger partial charge in [0.1, 0.15) is 0 Å². The van der Waals surface area contributed by atoms with Crippen LogP contribution in [-0.2, 0) is 4.79 Å². The van der Waals surface area contributed by atoms with Gasteiger partial charge in [-0.05, 0) is 12.8 Å². The minimum absolute atomic E-state index is 0.0724. The Bertz CT molecular complexity index is 244. The Hall–Kier alpha value is -0.640. The second-order valence-electron chi connectivity index (χ2n) is 4.80. The minimum atomic E-state index is -0.142. The van der Waals surface area contributed by atoms with Gasteiger partial charge in [-0.25, -0.2) is 0 Å². The van der Waals surface area contributed by atoms with Crippen molar-refractivity contribution in [2.45, 2.75) is 77.7 Å². The van der Waals surface area contributed by atoms with E-state index in [0.717, 1.165) is 19.3 Å². The van der Waals surface area contributed by atoms with E-state index >= 15 is 0 Å². The third-order valence-corrected chi connectivity index (χ3v) is 3.38. The van der Waals surface area contributed by atoms with Crippen molar-refractivity contribution in [2.24, 2.45) is 5.73 Å². The Morgan fingerprint density at radius 2 is 1.67 bits per heavy atom. The third kappa shape index (κ3) is 9.40. The maximum absolute atomic E-state index is 11.6. The number of carbonyl (C=O) groups is 1. The molecule has 0 radical (unpaired) electrons. The van der Waals surface area contributed by atoms with Crippen molar-refractivity contribution in [1.82, 2.24) is 5.32 Å². The average Bonchev–Trinajstić information content (AvgIpc) is 2.34. The zero-order valence-corrected chi connectivity index (χ0v) is 12.7. The van der Waals surface area contributed by atoms with Gasteiger partial charge >= 0.3 is 0 Å². The molecule has 0 aromatic carbocycles. The van der Waals surface area contributed by atoms with Gasteiger partial charge in [0.05, 0.1) is 11.0 Å². The average molecular weight is 272 g/mol. The van der Waals surface area contributed by atoms with E-state index in [0.29, 0.717) is 11.4 Å². The minimum Gasteiger partial charge on any atom is -0.392 e. The maximum Gasteiger partial charge on any atom is 0.220 e. The van der Waals surface area contributed by atoms with Crippen molar-refractivity contribution in [1.29, 1.82) is 0 Å². The van der Waals surface area contributed by atoms with Crippen LogP contribution in [0.25, 0.3) is 0 Å². The van der Waals surface area contributed by atoms with Crippen LogP contribution >= 0.6 is 12.2 Å². The number of hydrogen-bond donors (Lipinski definition) is 2. The first-order chi connectivity index (χ1) is 8.61. The van der Waals surface area contributed by atoms with Crippen molar-refractivity contribution in [3.63, 3.8) is 0 Å². The summed E-state index contributed by atoms with van der Waals surface area (Å²) in [7, 11) is 0. The Kier molecular flexibility index (Phi) is 11.0.